The minimum Gasteiger partial charge on any atom is -0.394 e. The Kier molecular flexibility index (Phi) is 22.6. The molecule has 62 heavy (non-hydrogen) atoms. The first-order valence-corrected chi connectivity index (χ1v) is 20.0. The molecule has 2 fully saturated rings. The number of aliphatic hydroxyl groups is 8. The summed E-state index contributed by atoms with van der Waals surface area (Å²) in [6.45, 7) is 4.06. The highest BCUT2D eigenvalue weighted by atomic mass is 16.7. The SMILES string of the molecule is CC(O[C@H]1[C@H](O)[C@@H](CO)OC(O)[C@@H]1O)C(=O)N[C@@H](C)C(=O)CC[C@@H](NCCCNC(=O)CC[C@@H](NC(=O)[C@H](C)NC(=O)C(C)O[C@H]1[C@H](O)[C@@H](CO)OC(O)[C@@H]1O)C(N)=O)C(N)=O. The van der Waals surface area contributed by atoms with Gasteiger partial charge in [0.15, 0.2) is 18.4 Å². The van der Waals surface area contributed by atoms with Crippen molar-refractivity contribution in [2.45, 2.75) is 158 Å². The van der Waals surface area contributed by atoms with Gasteiger partial charge in [-0.25, -0.2) is 0 Å². The zero-order valence-electron chi connectivity index (χ0n) is 34.8. The molecule has 0 radical (unpaired) electrons. The van der Waals surface area contributed by atoms with Crippen molar-refractivity contribution in [1.29, 1.82) is 0 Å². The van der Waals surface area contributed by atoms with Crippen molar-refractivity contribution in [1.82, 2.24) is 26.6 Å². The molecule has 26 nitrogen and oxygen atoms in total. The van der Waals surface area contributed by atoms with Crippen molar-refractivity contribution in [3.63, 3.8) is 0 Å². The fourth-order valence-electron chi connectivity index (χ4n) is 6.25. The molecule has 16 atom stereocenters. The molecule has 2 heterocycles. The lowest BCUT2D eigenvalue weighted by Gasteiger charge is -2.40. The lowest BCUT2D eigenvalue weighted by molar-refractivity contribution is -0.298. The molecule has 0 aliphatic carbocycles. The van der Waals surface area contributed by atoms with Gasteiger partial charge < -0.3 is 97.9 Å². The van der Waals surface area contributed by atoms with Crippen LogP contribution in [0.15, 0.2) is 0 Å². The molecule has 4 unspecified atom stereocenters. The van der Waals surface area contributed by atoms with E-state index in [1.165, 1.54) is 27.7 Å². The third kappa shape index (κ3) is 16.3. The van der Waals surface area contributed by atoms with Crippen LogP contribution in [0.2, 0.25) is 0 Å². The molecule has 26 heteroatoms. The maximum Gasteiger partial charge on any atom is 0.249 e. The fraction of sp³-hybridized carbons (Fsp3) is 0.806. The normalized spacial score (nSPS) is 29.2. The highest BCUT2D eigenvalue weighted by Crippen LogP contribution is 2.25. The summed E-state index contributed by atoms with van der Waals surface area (Å²) in [7, 11) is 0. The monoisotopic (exact) mass is 897 g/mol. The first-order valence-electron chi connectivity index (χ1n) is 20.0. The highest BCUT2D eigenvalue weighted by Gasteiger charge is 2.47. The van der Waals surface area contributed by atoms with Crippen LogP contribution in [-0.2, 0) is 52.5 Å². The van der Waals surface area contributed by atoms with Crippen LogP contribution >= 0.6 is 0 Å². The molecule has 2 rings (SSSR count). The number of primary amides is 2. The van der Waals surface area contributed by atoms with Gasteiger partial charge >= 0.3 is 0 Å². The second-order valence-corrected chi connectivity index (χ2v) is 15.0. The van der Waals surface area contributed by atoms with Crippen LogP contribution in [-0.4, -0.2) is 206 Å². The zero-order valence-corrected chi connectivity index (χ0v) is 34.8. The molecule has 0 aromatic rings. The van der Waals surface area contributed by atoms with E-state index in [4.69, 9.17) is 30.4 Å². The van der Waals surface area contributed by atoms with Crippen molar-refractivity contribution in [3.8, 4) is 0 Å². The van der Waals surface area contributed by atoms with Crippen LogP contribution in [0.5, 0.6) is 0 Å². The summed E-state index contributed by atoms with van der Waals surface area (Å²) in [6.07, 6.45) is -19.0. The Morgan fingerprint density at radius 2 is 1.05 bits per heavy atom. The molecule has 356 valence electrons. The highest BCUT2D eigenvalue weighted by molar-refractivity contribution is 5.92. The summed E-state index contributed by atoms with van der Waals surface area (Å²) in [5.74, 6) is -5.22. The summed E-state index contributed by atoms with van der Waals surface area (Å²) < 4.78 is 20.6. The van der Waals surface area contributed by atoms with Gasteiger partial charge in [0.1, 0.15) is 73.1 Å². The molecule has 0 spiro atoms. The van der Waals surface area contributed by atoms with Gasteiger partial charge in [-0.3, -0.25) is 33.6 Å². The van der Waals surface area contributed by atoms with Crippen molar-refractivity contribution >= 4 is 41.2 Å². The van der Waals surface area contributed by atoms with Gasteiger partial charge in [0.2, 0.25) is 35.4 Å². The first kappa shape index (κ1) is 54.1. The Morgan fingerprint density at radius 1 is 0.597 bits per heavy atom. The maximum absolute atomic E-state index is 12.8. The van der Waals surface area contributed by atoms with Gasteiger partial charge in [0.25, 0.3) is 0 Å². The Morgan fingerprint density at radius 3 is 1.50 bits per heavy atom. The van der Waals surface area contributed by atoms with Gasteiger partial charge in [0, 0.05) is 19.4 Å². The minimum atomic E-state index is -1.82. The van der Waals surface area contributed by atoms with E-state index < -0.39 is 152 Å². The second-order valence-electron chi connectivity index (χ2n) is 15.0. The van der Waals surface area contributed by atoms with Crippen LogP contribution in [0, 0.1) is 0 Å². The molecule has 6 amide bonds. The molecule has 17 N–H and O–H groups in total. The van der Waals surface area contributed by atoms with Gasteiger partial charge in [-0.05, 0) is 53.5 Å². The van der Waals surface area contributed by atoms with Crippen LogP contribution in [0.1, 0.15) is 59.8 Å². The Bertz CT molecular complexity index is 1510. The number of carbonyl (C=O) groups is 7. The molecule has 2 aliphatic heterocycles. The standard InChI is InChI=1S/C36H63N7O19/c1-14(41-33(55)16(3)59-28-24(48)21(12-44)61-35(57)26(28)50)20(46)8-6-18(30(37)52)39-10-5-11-40-23(47)9-7-19(31(38)53)43-32(54)15(2)42-34(56)17(4)60-29-25(49)22(13-45)62-36(58)27(29)51/h14-19,21-22,24-29,35-36,39,44-45,48-51,57-58H,5-13H2,1-4H3,(H2,37,52)(H2,38,53)(H,40,47)(H,41,55)(H,42,56)(H,43,54)/t14-,15-,16?,17?,18+,19+,21+,22+,24+,25+,26+,27+,28-,29-,35?,36?/m0/s1. The zero-order chi connectivity index (χ0) is 47.0. The summed E-state index contributed by atoms with van der Waals surface area (Å²) in [5, 5.41) is 91.7. The number of amides is 6. The quantitative estimate of drug-likeness (QED) is 0.0359. The number of ketones is 1. The van der Waals surface area contributed by atoms with E-state index in [1.54, 1.807) is 0 Å². The first-order chi connectivity index (χ1) is 29.0. The van der Waals surface area contributed by atoms with E-state index in [0.717, 1.165) is 0 Å². The van der Waals surface area contributed by atoms with Gasteiger partial charge in [-0.2, -0.15) is 0 Å². The third-order valence-electron chi connectivity index (χ3n) is 10.1. The molecule has 0 aromatic heterocycles. The number of Topliss-reactive ketones (excluding diaryl/α,β-unsaturated/α-hetero) is 1. The average Bonchev–Trinajstić information content (AvgIpc) is 3.22. The fourth-order valence-corrected chi connectivity index (χ4v) is 6.25. The van der Waals surface area contributed by atoms with Crippen molar-refractivity contribution in [2.24, 2.45) is 11.5 Å². The lowest BCUT2D eigenvalue weighted by Crippen LogP contribution is -2.61. The molecule has 0 aromatic carbocycles. The predicted octanol–water partition coefficient (Wildman–Crippen LogP) is -8.54. The minimum absolute atomic E-state index is 0.0373. The number of nitrogens with two attached hydrogens (primary N) is 2. The van der Waals surface area contributed by atoms with Gasteiger partial charge in [-0.15, -0.1) is 0 Å². The predicted molar refractivity (Wildman–Crippen MR) is 207 cm³/mol. The van der Waals surface area contributed by atoms with E-state index in [2.05, 4.69) is 26.6 Å². The summed E-state index contributed by atoms with van der Waals surface area (Å²) in [4.78, 5) is 87.5. The van der Waals surface area contributed by atoms with E-state index in [0.29, 0.717) is 6.42 Å². The number of rotatable bonds is 26. The van der Waals surface area contributed by atoms with Gasteiger partial charge in [-0.1, -0.05) is 0 Å². The molecule has 0 saturated carbocycles. The number of ether oxygens (including phenoxy) is 4. The average molecular weight is 898 g/mol. The molecule has 2 saturated heterocycles. The molecular weight excluding hydrogens is 834 g/mol. The number of aliphatic hydroxyl groups excluding tert-OH is 8. The third-order valence-corrected chi connectivity index (χ3v) is 10.1. The summed E-state index contributed by atoms with van der Waals surface area (Å²) in [5.41, 5.74) is 10.9. The van der Waals surface area contributed by atoms with E-state index in [9.17, 15) is 74.4 Å². The lowest BCUT2D eigenvalue weighted by atomic mass is 9.99. The van der Waals surface area contributed by atoms with E-state index >= 15 is 0 Å². The summed E-state index contributed by atoms with van der Waals surface area (Å²) >= 11 is 0. The number of hydrogen-bond acceptors (Lipinski definition) is 20. The van der Waals surface area contributed by atoms with Gasteiger partial charge in [0.05, 0.1) is 25.3 Å². The Hall–Kier alpha value is -4.03. The Labute approximate surface area is 356 Å². The largest absolute Gasteiger partial charge is 0.394 e. The molecular formula is C36H63N7O19. The van der Waals surface area contributed by atoms with Crippen molar-refractivity contribution < 1.29 is 93.4 Å². The van der Waals surface area contributed by atoms with Crippen LogP contribution in [0.3, 0.4) is 0 Å². The second kappa shape index (κ2) is 25.9. The topological polar surface area (TPSA) is 430 Å². The number of nitrogens with one attached hydrogen (secondary N) is 5. The number of hydrogen-bond donors (Lipinski definition) is 15. The maximum atomic E-state index is 12.8. The van der Waals surface area contributed by atoms with Crippen LogP contribution < -0.4 is 38.1 Å². The van der Waals surface area contributed by atoms with Crippen LogP contribution in [0.4, 0.5) is 0 Å². The van der Waals surface area contributed by atoms with Crippen molar-refractivity contribution in [3.05, 3.63) is 0 Å². The van der Waals surface area contributed by atoms with E-state index in [1.807, 2.05) is 0 Å². The smallest absolute Gasteiger partial charge is 0.249 e. The van der Waals surface area contributed by atoms with Crippen molar-refractivity contribution in [2.75, 3.05) is 26.3 Å². The van der Waals surface area contributed by atoms with Crippen LogP contribution in [0.25, 0.3) is 0 Å². The Balaban J connectivity index is 1.73. The molecule has 2 aliphatic rings. The van der Waals surface area contributed by atoms with E-state index in [-0.39, 0.29) is 38.8 Å². The number of carbonyl (C=O) groups excluding carboxylic acids is 7. The molecule has 0 bridgehead atoms. The summed E-state index contributed by atoms with van der Waals surface area (Å²) in [6, 6.07) is -4.57.